The van der Waals surface area contributed by atoms with Gasteiger partial charge >= 0.3 is 6.03 Å². The Balaban J connectivity index is 2.91. The summed E-state index contributed by atoms with van der Waals surface area (Å²) in [4.78, 5) is 60.8. The van der Waals surface area contributed by atoms with Gasteiger partial charge in [0, 0.05) is 25.3 Å². The minimum Gasteiger partial charge on any atom is -0.470 e. The van der Waals surface area contributed by atoms with E-state index in [0.29, 0.717) is 30.7 Å². The van der Waals surface area contributed by atoms with E-state index in [4.69, 9.17) is 23.1 Å². The van der Waals surface area contributed by atoms with E-state index in [0.717, 1.165) is 0 Å². The van der Waals surface area contributed by atoms with Crippen molar-refractivity contribution < 1.29 is 33.4 Å². The number of benzene rings is 1. The third kappa shape index (κ3) is 14.0. The molecule has 0 saturated heterocycles. The van der Waals surface area contributed by atoms with Gasteiger partial charge in [-0.05, 0) is 63.6 Å². The molecule has 2 radical (unpaired) electrons. The van der Waals surface area contributed by atoms with Crippen LogP contribution in [0.15, 0.2) is 24.3 Å². The maximum atomic E-state index is 13.2. The molecule has 6 N–H and O–H groups in total. The van der Waals surface area contributed by atoms with Gasteiger partial charge in [0.2, 0.25) is 31.4 Å². The fraction of sp³-hybridized carbons (Fsp3) is 0.593. The molecule has 5 amide bonds. The second-order valence-electron chi connectivity index (χ2n) is 10.3. The first-order valence-corrected chi connectivity index (χ1v) is 13.3. The molecule has 0 bridgehead atoms. The molecule has 1 aromatic carbocycles. The molecule has 0 saturated carbocycles. The Morgan fingerprint density at radius 3 is 2.23 bits per heavy atom. The zero-order valence-corrected chi connectivity index (χ0v) is 24.0. The zero-order chi connectivity index (χ0) is 30.3. The molecule has 1 unspecified atom stereocenters. The number of rotatable bonds is 17. The van der Waals surface area contributed by atoms with Gasteiger partial charge in [-0.3, -0.25) is 19.2 Å². The van der Waals surface area contributed by atoms with E-state index in [-0.39, 0.29) is 37.8 Å². The molecule has 12 nitrogen and oxygen atoms in total. The average Bonchev–Trinajstić information content (AvgIpc) is 2.86. The molecule has 0 fully saturated rings. The van der Waals surface area contributed by atoms with Gasteiger partial charge < -0.3 is 36.5 Å². The summed E-state index contributed by atoms with van der Waals surface area (Å²) < 4.78 is 10.4. The van der Waals surface area contributed by atoms with Crippen molar-refractivity contribution in [1.29, 1.82) is 0 Å². The molecule has 0 aliphatic rings. The molecule has 220 valence electrons. The molecule has 0 aliphatic carbocycles. The highest BCUT2D eigenvalue weighted by atomic mass is 16.5. The second-order valence-corrected chi connectivity index (χ2v) is 10.3. The zero-order valence-electron chi connectivity index (χ0n) is 24.0. The summed E-state index contributed by atoms with van der Waals surface area (Å²) in [7, 11) is 4.97. The first-order valence-electron chi connectivity index (χ1n) is 13.3. The van der Waals surface area contributed by atoms with Gasteiger partial charge in [0.05, 0.1) is 5.60 Å². The highest BCUT2D eigenvalue weighted by molar-refractivity contribution is 6.55. The van der Waals surface area contributed by atoms with E-state index in [2.05, 4.69) is 21.3 Å². The van der Waals surface area contributed by atoms with Crippen LogP contribution in [0.1, 0.15) is 65.9 Å². The summed E-state index contributed by atoms with van der Waals surface area (Å²) in [5.41, 5.74) is 5.75. The number of hydrogen-bond acceptors (Lipinski definition) is 7. The van der Waals surface area contributed by atoms with E-state index in [9.17, 15) is 24.0 Å². The van der Waals surface area contributed by atoms with Crippen molar-refractivity contribution in [2.24, 2.45) is 11.7 Å². The van der Waals surface area contributed by atoms with E-state index >= 15 is 0 Å². The van der Waals surface area contributed by atoms with Crippen molar-refractivity contribution in [1.82, 2.24) is 16.0 Å². The Morgan fingerprint density at radius 1 is 1.02 bits per heavy atom. The van der Waals surface area contributed by atoms with Crippen LogP contribution in [0.2, 0.25) is 0 Å². The summed E-state index contributed by atoms with van der Waals surface area (Å²) >= 11 is 0. The van der Waals surface area contributed by atoms with Gasteiger partial charge in [0.1, 0.15) is 18.7 Å². The Hall–Kier alpha value is -3.61. The number of hydrogen-bond donors (Lipinski definition) is 5. The van der Waals surface area contributed by atoms with Crippen LogP contribution in [0.4, 0.5) is 15.3 Å². The van der Waals surface area contributed by atoms with Crippen LogP contribution in [-0.4, -0.2) is 68.3 Å². The van der Waals surface area contributed by atoms with Crippen LogP contribution < -0.4 is 27.0 Å². The van der Waals surface area contributed by atoms with Crippen molar-refractivity contribution in [3.05, 3.63) is 29.8 Å². The Labute approximate surface area is 237 Å². The standard InChI is InChI=1S/C27H42BN5O7/c1-6-40-27(4,5)14-13-21(34)33-22(17(2)3)24(36)32-20(8-7-15-30-26(29)38)23(35)31-19-11-9-18(10-12-19)16-39-25(28)37/h9-12,17,20,22H,6-8,13-16H2,1-5H3,(H,31,35)(H,32,36)(H,33,34)(H3,29,30,38)/t20-,22?/m0/s1. The van der Waals surface area contributed by atoms with Gasteiger partial charge in [-0.15, -0.1) is 0 Å². The lowest BCUT2D eigenvalue weighted by atomic mass is 9.99. The lowest BCUT2D eigenvalue weighted by molar-refractivity contribution is -0.132. The number of carbonyl (C=O) groups is 5. The predicted molar refractivity (Wildman–Crippen MR) is 151 cm³/mol. The minimum absolute atomic E-state index is 0.0134. The van der Waals surface area contributed by atoms with Gasteiger partial charge in [-0.25, -0.2) is 4.79 Å². The third-order valence-electron chi connectivity index (χ3n) is 5.96. The smallest absolute Gasteiger partial charge is 0.312 e. The maximum Gasteiger partial charge on any atom is 0.312 e. The van der Waals surface area contributed by atoms with Crippen LogP contribution in [0.5, 0.6) is 0 Å². The molecule has 0 aliphatic heterocycles. The van der Waals surface area contributed by atoms with Crippen LogP contribution in [0.3, 0.4) is 0 Å². The van der Waals surface area contributed by atoms with Crippen molar-refractivity contribution >= 4 is 43.2 Å². The van der Waals surface area contributed by atoms with Gasteiger partial charge in [-0.2, -0.15) is 0 Å². The van der Waals surface area contributed by atoms with Crippen molar-refractivity contribution in [3.8, 4) is 0 Å². The van der Waals surface area contributed by atoms with E-state index in [1.54, 1.807) is 38.1 Å². The van der Waals surface area contributed by atoms with Crippen LogP contribution in [0.25, 0.3) is 0 Å². The monoisotopic (exact) mass is 559 g/mol. The number of primary amides is 1. The first kappa shape index (κ1) is 34.4. The molecule has 40 heavy (non-hydrogen) atoms. The first-order chi connectivity index (χ1) is 18.7. The summed E-state index contributed by atoms with van der Waals surface area (Å²) in [5, 5.41) is 10.7. The van der Waals surface area contributed by atoms with Gasteiger partial charge in [0.15, 0.2) is 0 Å². The van der Waals surface area contributed by atoms with Gasteiger partial charge in [0.25, 0.3) is 0 Å². The molecule has 1 rings (SSSR count). The van der Waals surface area contributed by atoms with E-state index < -0.39 is 41.4 Å². The normalized spacial score (nSPS) is 12.7. The molecule has 13 heteroatoms. The summed E-state index contributed by atoms with van der Waals surface area (Å²) in [6.07, 6.45) is 1.21. The van der Waals surface area contributed by atoms with Crippen LogP contribution in [-0.2, 0) is 30.5 Å². The Morgan fingerprint density at radius 2 is 1.68 bits per heavy atom. The molecule has 0 heterocycles. The van der Waals surface area contributed by atoms with Crippen LogP contribution >= 0.6 is 0 Å². The third-order valence-corrected chi connectivity index (χ3v) is 5.96. The lowest BCUT2D eigenvalue weighted by Gasteiger charge is -2.27. The highest BCUT2D eigenvalue weighted by Crippen LogP contribution is 2.17. The number of anilines is 1. The van der Waals surface area contributed by atoms with Gasteiger partial charge in [-0.1, -0.05) is 26.0 Å². The summed E-state index contributed by atoms with van der Waals surface area (Å²) in [5.74, 6) is -2.43. The van der Waals surface area contributed by atoms with Crippen molar-refractivity contribution in [2.45, 2.75) is 84.6 Å². The highest BCUT2D eigenvalue weighted by Gasteiger charge is 2.29. The Bertz CT molecular complexity index is 1000. The number of amides is 5. The number of ether oxygens (including phenoxy) is 2. The van der Waals surface area contributed by atoms with Crippen LogP contribution in [0, 0.1) is 5.92 Å². The van der Waals surface area contributed by atoms with E-state index in [1.165, 1.54) is 0 Å². The SMILES string of the molecule is [B]C(=O)OCc1ccc(NC(=O)[C@H](CCCNC(N)=O)NC(=O)C(NC(=O)CCC(C)(C)OCC)C(C)C)cc1. The molecule has 0 spiro atoms. The summed E-state index contributed by atoms with van der Waals surface area (Å²) in [6, 6.07) is 4.01. The minimum atomic E-state index is -0.963. The number of urea groups is 1. The fourth-order valence-corrected chi connectivity index (χ4v) is 3.77. The van der Waals surface area contributed by atoms with Crippen molar-refractivity contribution in [3.63, 3.8) is 0 Å². The average molecular weight is 559 g/mol. The summed E-state index contributed by atoms with van der Waals surface area (Å²) in [6.45, 7) is 9.99. The lowest BCUT2D eigenvalue weighted by Crippen LogP contribution is -2.54. The topological polar surface area (TPSA) is 178 Å². The Kier molecular flexibility index (Phi) is 14.8. The molecule has 2 atom stereocenters. The quantitative estimate of drug-likeness (QED) is 0.143. The maximum absolute atomic E-state index is 13.2. The largest absolute Gasteiger partial charge is 0.470 e. The molecule has 0 aromatic heterocycles. The second kappa shape index (κ2) is 17.2. The number of nitrogens with one attached hydrogen (secondary N) is 4. The molecular weight excluding hydrogens is 517 g/mol. The number of nitrogens with two attached hydrogens (primary N) is 1. The molecular formula is C27H42BN5O7. The predicted octanol–water partition coefficient (Wildman–Crippen LogP) is 2.10. The van der Waals surface area contributed by atoms with E-state index in [1.807, 2.05) is 20.8 Å². The fourth-order valence-electron chi connectivity index (χ4n) is 3.77. The number of carbonyl (C=O) groups excluding carboxylic acids is 5. The van der Waals surface area contributed by atoms with Crippen molar-refractivity contribution in [2.75, 3.05) is 18.5 Å². The molecule has 1 aromatic rings.